The highest BCUT2D eigenvalue weighted by Crippen LogP contribution is 2.38. The Labute approximate surface area is 80.4 Å². The highest BCUT2D eigenvalue weighted by atomic mass is 16.3. The molecule has 0 amide bonds. The van der Waals surface area contributed by atoms with E-state index < -0.39 is 0 Å². The fourth-order valence-electron chi connectivity index (χ4n) is 1.45. The van der Waals surface area contributed by atoms with E-state index in [0.29, 0.717) is 16.5 Å². The van der Waals surface area contributed by atoms with Crippen molar-refractivity contribution < 1.29 is 10.2 Å². The summed E-state index contributed by atoms with van der Waals surface area (Å²) in [5.41, 5.74) is 11.8. The number of hydrogen-bond donors (Lipinski definition) is 4. The van der Waals surface area contributed by atoms with Crippen LogP contribution >= 0.6 is 0 Å². The second-order valence-corrected chi connectivity index (χ2v) is 3.10. The van der Waals surface area contributed by atoms with Gasteiger partial charge in [0.1, 0.15) is 11.5 Å². The largest absolute Gasteiger partial charge is 0.507 e. The molecule has 4 heteroatoms. The van der Waals surface area contributed by atoms with Crippen LogP contribution in [0.3, 0.4) is 0 Å². The highest BCUT2D eigenvalue weighted by Gasteiger charge is 2.09. The summed E-state index contributed by atoms with van der Waals surface area (Å²) in [7, 11) is 0. The number of nitrogen functional groups attached to an aromatic ring is 2. The predicted molar refractivity (Wildman–Crippen MR) is 56.1 cm³/mol. The van der Waals surface area contributed by atoms with E-state index in [4.69, 9.17) is 11.5 Å². The number of fused-ring (bicyclic) bond motifs is 1. The van der Waals surface area contributed by atoms with Crippen molar-refractivity contribution in [3.63, 3.8) is 0 Å². The molecule has 14 heavy (non-hydrogen) atoms. The van der Waals surface area contributed by atoms with Gasteiger partial charge in [0.15, 0.2) is 0 Å². The average Bonchev–Trinajstić information content (AvgIpc) is 2.16. The second-order valence-electron chi connectivity index (χ2n) is 3.10. The van der Waals surface area contributed by atoms with Crippen LogP contribution in [0.5, 0.6) is 11.5 Å². The van der Waals surface area contributed by atoms with Crippen molar-refractivity contribution in [2.75, 3.05) is 11.5 Å². The Morgan fingerprint density at radius 3 is 2.21 bits per heavy atom. The Morgan fingerprint density at radius 1 is 0.857 bits per heavy atom. The third-order valence-corrected chi connectivity index (χ3v) is 2.19. The van der Waals surface area contributed by atoms with Gasteiger partial charge >= 0.3 is 0 Å². The van der Waals surface area contributed by atoms with E-state index in [1.807, 2.05) is 0 Å². The van der Waals surface area contributed by atoms with E-state index >= 15 is 0 Å². The maximum atomic E-state index is 9.65. The molecule has 6 N–H and O–H groups in total. The predicted octanol–water partition coefficient (Wildman–Crippen LogP) is 1.42. The lowest BCUT2D eigenvalue weighted by Gasteiger charge is -2.07. The molecule has 4 nitrogen and oxygen atoms in total. The molecule has 0 saturated carbocycles. The summed E-state index contributed by atoms with van der Waals surface area (Å²) in [6, 6.07) is 6.15. The van der Waals surface area contributed by atoms with Crippen LogP contribution in [0.25, 0.3) is 10.8 Å². The number of nitrogens with two attached hydrogens (primary N) is 2. The van der Waals surface area contributed by atoms with E-state index in [9.17, 15) is 10.2 Å². The van der Waals surface area contributed by atoms with Gasteiger partial charge in [-0.05, 0) is 24.3 Å². The molecule has 72 valence electrons. The smallest absolute Gasteiger partial charge is 0.148 e. The number of hydrogen-bond acceptors (Lipinski definition) is 4. The number of phenols is 2. The fraction of sp³-hybridized carbons (Fsp3) is 0. The minimum absolute atomic E-state index is 0.0736. The molecule has 0 unspecified atom stereocenters. The van der Waals surface area contributed by atoms with Gasteiger partial charge in [-0.3, -0.25) is 0 Å². The molecule has 0 bridgehead atoms. The van der Waals surface area contributed by atoms with Crippen LogP contribution < -0.4 is 11.5 Å². The Balaban J connectivity index is 3.01. The minimum Gasteiger partial charge on any atom is -0.507 e. The summed E-state index contributed by atoms with van der Waals surface area (Å²) in [5, 5.41) is 20.0. The topological polar surface area (TPSA) is 92.5 Å². The molecule has 0 fully saturated rings. The van der Waals surface area contributed by atoms with Crippen molar-refractivity contribution in [1.29, 1.82) is 0 Å². The van der Waals surface area contributed by atoms with Crippen LogP contribution in [0.15, 0.2) is 24.3 Å². The van der Waals surface area contributed by atoms with Gasteiger partial charge in [0.2, 0.25) is 0 Å². The van der Waals surface area contributed by atoms with Crippen LogP contribution in [0.2, 0.25) is 0 Å². The summed E-state index contributed by atoms with van der Waals surface area (Å²) in [6.07, 6.45) is 0. The zero-order chi connectivity index (χ0) is 10.3. The molecule has 2 aromatic rings. The van der Waals surface area contributed by atoms with Crippen LogP contribution in [0.1, 0.15) is 0 Å². The van der Waals surface area contributed by atoms with Gasteiger partial charge in [0.05, 0.1) is 11.1 Å². The van der Waals surface area contributed by atoms with E-state index in [1.54, 1.807) is 6.07 Å². The Morgan fingerprint density at radius 2 is 1.50 bits per heavy atom. The minimum atomic E-state index is -0.0871. The molecule has 2 rings (SSSR count). The Bertz CT molecular complexity index is 509. The molecule has 0 spiro atoms. The first-order valence-electron chi connectivity index (χ1n) is 4.10. The highest BCUT2D eigenvalue weighted by molar-refractivity contribution is 6.03. The molecule has 0 aliphatic heterocycles. The quantitative estimate of drug-likeness (QED) is 0.287. The van der Waals surface area contributed by atoms with Gasteiger partial charge in [0.25, 0.3) is 0 Å². The molecule has 0 aliphatic rings. The monoisotopic (exact) mass is 190 g/mol. The van der Waals surface area contributed by atoms with E-state index in [1.165, 1.54) is 18.2 Å². The summed E-state index contributed by atoms with van der Waals surface area (Å²) in [6.45, 7) is 0. The lowest BCUT2D eigenvalue weighted by Crippen LogP contribution is -1.91. The van der Waals surface area contributed by atoms with Crippen molar-refractivity contribution in [3.05, 3.63) is 24.3 Å². The number of aromatic hydroxyl groups is 2. The lowest BCUT2D eigenvalue weighted by atomic mass is 10.1. The number of anilines is 2. The Kier molecular flexibility index (Phi) is 1.64. The number of benzene rings is 2. The molecule has 0 aliphatic carbocycles. The second kappa shape index (κ2) is 2.70. The third-order valence-electron chi connectivity index (χ3n) is 2.19. The normalized spacial score (nSPS) is 10.6. The van der Waals surface area contributed by atoms with Crippen molar-refractivity contribution in [2.45, 2.75) is 0 Å². The van der Waals surface area contributed by atoms with Crippen molar-refractivity contribution in [3.8, 4) is 11.5 Å². The van der Waals surface area contributed by atoms with Crippen LogP contribution in [0, 0.1) is 0 Å². The van der Waals surface area contributed by atoms with E-state index in [2.05, 4.69) is 0 Å². The van der Waals surface area contributed by atoms with Crippen molar-refractivity contribution in [1.82, 2.24) is 0 Å². The van der Waals surface area contributed by atoms with Crippen LogP contribution in [-0.2, 0) is 0 Å². The fourth-order valence-corrected chi connectivity index (χ4v) is 1.45. The molecule has 0 radical (unpaired) electrons. The SMILES string of the molecule is Nc1ccc2c(O)ccc(N)c2c1O. The zero-order valence-electron chi connectivity index (χ0n) is 7.36. The Hall–Kier alpha value is -2.10. The van der Waals surface area contributed by atoms with Crippen LogP contribution in [0.4, 0.5) is 11.4 Å². The van der Waals surface area contributed by atoms with Crippen molar-refractivity contribution in [2.24, 2.45) is 0 Å². The first-order valence-corrected chi connectivity index (χ1v) is 4.10. The number of rotatable bonds is 0. The molecule has 0 heterocycles. The first-order chi connectivity index (χ1) is 6.61. The first kappa shape index (κ1) is 8.50. The molecular formula is C10H10N2O2. The summed E-state index contributed by atoms with van der Waals surface area (Å²) < 4.78 is 0. The lowest BCUT2D eigenvalue weighted by molar-refractivity contribution is 0.477. The van der Waals surface area contributed by atoms with Crippen molar-refractivity contribution >= 4 is 22.1 Å². The molecule has 0 saturated heterocycles. The standard InChI is InChI=1S/C10H10N2O2/c11-6-3-4-8(13)5-1-2-7(12)10(14)9(5)6/h1-4,13-14H,11-12H2. The van der Waals surface area contributed by atoms with Crippen LogP contribution in [-0.4, -0.2) is 10.2 Å². The molecule has 2 aromatic carbocycles. The van der Waals surface area contributed by atoms with Gasteiger partial charge in [-0.15, -0.1) is 0 Å². The van der Waals surface area contributed by atoms with Gasteiger partial charge in [-0.2, -0.15) is 0 Å². The maximum Gasteiger partial charge on any atom is 0.148 e. The van der Waals surface area contributed by atoms with Gasteiger partial charge in [0, 0.05) is 11.1 Å². The van der Waals surface area contributed by atoms with Gasteiger partial charge in [-0.1, -0.05) is 0 Å². The molecule has 0 atom stereocenters. The number of phenolic OH excluding ortho intramolecular Hbond substituents is 2. The van der Waals surface area contributed by atoms with E-state index in [0.717, 1.165) is 0 Å². The van der Waals surface area contributed by atoms with Gasteiger partial charge < -0.3 is 21.7 Å². The summed E-state index contributed by atoms with van der Waals surface area (Å²) in [5.74, 6) is -0.0135. The molecular weight excluding hydrogens is 180 g/mol. The zero-order valence-corrected chi connectivity index (χ0v) is 7.36. The van der Waals surface area contributed by atoms with Gasteiger partial charge in [-0.25, -0.2) is 0 Å². The summed E-state index contributed by atoms with van der Waals surface area (Å²) >= 11 is 0. The summed E-state index contributed by atoms with van der Waals surface area (Å²) in [4.78, 5) is 0. The molecule has 0 aromatic heterocycles. The van der Waals surface area contributed by atoms with E-state index in [-0.39, 0.29) is 17.2 Å². The average molecular weight is 190 g/mol. The maximum absolute atomic E-state index is 9.65. The third kappa shape index (κ3) is 1.01.